The van der Waals surface area contributed by atoms with Crippen LogP contribution in [0.4, 0.5) is 5.69 Å². The molecule has 0 saturated carbocycles. The van der Waals surface area contributed by atoms with E-state index < -0.39 is 5.91 Å². The fourth-order valence-electron chi connectivity index (χ4n) is 1.78. The highest BCUT2D eigenvalue weighted by atomic mass is 79.9. The van der Waals surface area contributed by atoms with Gasteiger partial charge in [-0.25, -0.2) is 0 Å². The summed E-state index contributed by atoms with van der Waals surface area (Å²) in [5, 5.41) is 24.1. The number of carbonyl (C=O) groups is 1. The van der Waals surface area contributed by atoms with Gasteiger partial charge in [-0.1, -0.05) is 18.2 Å². The molecule has 0 aliphatic rings. The van der Waals surface area contributed by atoms with Crippen LogP contribution in [0.15, 0.2) is 45.2 Å². The highest BCUT2D eigenvalue weighted by molar-refractivity contribution is 9.10. The Kier molecular flexibility index (Phi) is 3.07. The van der Waals surface area contributed by atoms with Crippen LogP contribution in [0.2, 0.25) is 0 Å². The molecule has 0 bridgehead atoms. The molecule has 3 N–H and O–H groups in total. The second-order valence-electron chi connectivity index (χ2n) is 3.97. The van der Waals surface area contributed by atoms with Crippen molar-refractivity contribution in [2.45, 2.75) is 0 Å². The minimum atomic E-state index is -0.584. The molecule has 0 spiro atoms. The van der Waals surface area contributed by atoms with E-state index >= 15 is 0 Å². The van der Waals surface area contributed by atoms with Crippen LogP contribution in [0.3, 0.4) is 0 Å². The highest BCUT2D eigenvalue weighted by Gasteiger charge is 2.13. The van der Waals surface area contributed by atoms with E-state index in [1.807, 2.05) is 12.1 Å². The quantitative estimate of drug-likeness (QED) is 0.626. The Morgan fingerprint density at radius 1 is 1.35 bits per heavy atom. The normalized spacial score (nSPS) is 11.4. The molecule has 0 saturated heterocycles. The lowest BCUT2D eigenvalue weighted by Crippen LogP contribution is -1.95. The minimum Gasteiger partial charge on any atom is -0.493 e. The van der Waals surface area contributed by atoms with Crippen molar-refractivity contribution in [1.82, 2.24) is 15.2 Å². The van der Waals surface area contributed by atoms with Gasteiger partial charge in [0.05, 0.1) is 16.2 Å². The number of aromatic amines is 2. The summed E-state index contributed by atoms with van der Waals surface area (Å²) in [6.45, 7) is 0. The molecule has 0 aliphatic carbocycles. The number of fused-ring (bicyclic) bond motifs is 1. The molecule has 0 aliphatic heterocycles. The Morgan fingerprint density at radius 3 is 2.90 bits per heavy atom. The summed E-state index contributed by atoms with van der Waals surface area (Å²) >= 11 is 3.17. The number of hydrogen-bond donors (Lipinski definition) is 3. The number of para-hydroxylation sites is 1. The van der Waals surface area contributed by atoms with Crippen LogP contribution in [-0.4, -0.2) is 26.2 Å². The van der Waals surface area contributed by atoms with Crippen molar-refractivity contribution in [3.8, 4) is 5.88 Å². The molecule has 1 amide bonds. The molecular formula is C12H8BrN5O2. The summed E-state index contributed by atoms with van der Waals surface area (Å²) in [6.07, 6.45) is 1.45. The maximum absolute atomic E-state index is 11.8. The fourth-order valence-corrected chi connectivity index (χ4v) is 2.14. The Morgan fingerprint density at radius 2 is 2.15 bits per heavy atom. The highest BCUT2D eigenvalue weighted by Crippen LogP contribution is 2.35. The van der Waals surface area contributed by atoms with E-state index in [-0.39, 0.29) is 17.3 Å². The summed E-state index contributed by atoms with van der Waals surface area (Å²) in [5.41, 5.74) is 1.15. The monoisotopic (exact) mass is 333 g/mol. The largest absolute Gasteiger partial charge is 0.493 e. The lowest BCUT2D eigenvalue weighted by atomic mass is 10.2. The molecule has 0 radical (unpaired) electrons. The van der Waals surface area contributed by atoms with Crippen LogP contribution in [0.25, 0.3) is 10.9 Å². The summed E-state index contributed by atoms with van der Waals surface area (Å²) in [4.78, 5) is 14.6. The minimum absolute atomic E-state index is 0.133. The zero-order valence-corrected chi connectivity index (χ0v) is 11.5. The Hall–Kier alpha value is -2.48. The van der Waals surface area contributed by atoms with Crippen LogP contribution in [0.5, 0.6) is 5.88 Å². The number of benzene rings is 1. The number of carbonyl (C=O) groups excluding carboxylic acids is 1. The average Bonchev–Trinajstić information content (AvgIpc) is 2.99. The average molecular weight is 334 g/mol. The van der Waals surface area contributed by atoms with Crippen LogP contribution >= 0.6 is 15.9 Å². The molecule has 3 rings (SSSR count). The number of halogens is 1. The SMILES string of the molecule is O=C(N=Nc1c(O)[nH]c2ccccc12)c1[nH]ncc1Br. The molecule has 3 aromatic rings. The molecular weight excluding hydrogens is 326 g/mol. The van der Waals surface area contributed by atoms with Crippen molar-refractivity contribution in [1.29, 1.82) is 0 Å². The van der Waals surface area contributed by atoms with Gasteiger partial charge in [0.1, 0.15) is 5.69 Å². The van der Waals surface area contributed by atoms with Gasteiger partial charge >= 0.3 is 5.91 Å². The van der Waals surface area contributed by atoms with Crippen molar-refractivity contribution < 1.29 is 9.90 Å². The molecule has 100 valence electrons. The van der Waals surface area contributed by atoms with E-state index in [0.717, 1.165) is 0 Å². The molecule has 20 heavy (non-hydrogen) atoms. The number of amides is 1. The van der Waals surface area contributed by atoms with Crippen LogP contribution < -0.4 is 0 Å². The van der Waals surface area contributed by atoms with E-state index in [1.165, 1.54) is 6.20 Å². The van der Waals surface area contributed by atoms with E-state index in [1.54, 1.807) is 12.1 Å². The molecule has 2 heterocycles. The van der Waals surface area contributed by atoms with E-state index in [0.29, 0.717) is 15.4 Å². The van der Waals surface area contributed by atoms with Crippen molar-refractivity contribution in [3.05, 3.63) is 40.6 Å². The number of aromatic nitrogens is 3. The predicted molar refractivity (Wildman–Crippen MR) is 75.1 cm³/mol. The third kappa shape index (κ3) is 2.10. The van der Waals surface area contributed by atoms with Crippen molar-refractivity contribution in [2.75, 3.05) is 0 Å². The first kappa shape index (κ1) is 12.5. The van der Waals surface area contributed by atoms with Gasteiger partial charge in [-0.3, -0.25) is 9.89 Å². The molecule has 1 aromatic carbocycles. The second-order valence-corrected chi connectivity index (χ2v) is 4.82. The lowest BCUT2D eigenvalue weighted by Gasteiger charge is -1.91. The number of nitrogens with zero attached hydrogens (tertiary/aromatic N) is 3. The standard InChI is InChI=1S/C12H8BrN5O2/c13-7-5-14-16-10(7)12(20)18-17-9-6-3-1-2-4-8(6)15-11(9)19/h1-5,15,19H,(H,14,16). The van der Waals surface area contributed by atoms with Gasteiger partial charge in [-0.05, 0) is 22.0 Å². The Labute approximate surface area is 120 Å². The van der Waals surface area contributed by atoms with E-state index in [9.17, 15) is 9.90 Å². The van der Waals surface area contributed by atoms with Gasteiger partial charge in [0.25, 0.3) is 0 Å². The number of hydrogen-bond acceptors (Lipinski definition) is 4. The van der Waals surface area contributed by atoms with Gasteiger partial charge < -0.3 is 10.1 Å². The smallest absolute Gasteiger partial charge is 0.314 e. The van der Waals surface area contributed by atoms with Crippen molar-refractivity contribution in [2.24, 2.45) is 10.2 Å². The summed E-state index contributed by atoms with van der Waals surface area (Å²) in [7, 11) is 0. The lowest BCUT2D eigenvalue weighted by molar-refractivity contribution is 0.0989. The first-order valence-electron chi connectivity index (χ1n) is 5.61. The number of H-pyrrole nitrogens is 2. The summed E-state index contributed by atoms with van der Waals surface area (Å²) in [6, 6.07) is 7.20. The molecule has 0 fully saturated rings. The third-order valence-electron chi connectivity index (χ3n) is 2.71. The number of aromatic hydroxyl groups is 1. The fraction of sp³-hybridized carbons (Fsp3) is 0. The van der Waals surface area contributed by atoms with Gasteiger partial charge in [-0.2, -0.15) is 5.10 Å². The molecule has 7 nitrogen and oxygen atoms in total. The zero-order chi connectivity index (χ0) is 14.1. The number of nitrogens with one attached hydrogen (secondary N) is 2. The summed E-state index contributed by atoms with van der Waals surface area (Å²) in [5.74, 6) is -0.717. The van der Waals surface area contributed by atoms with Gasteiger partial charge in [0.2, 0.25) is 5.88 Å². The van der Waals surface area contributed by atoms with Gasteiger partial charge in [0.15, 0.2) is 5.69 Å². The molecule has 0 unspecified atom stereocenters. The Balaban J connectivity index is 1.97. The van der Waals surface area contributed by atoms with Crippen LogP contribution in [0.1, 0.15) is 10.5 Å². The zero-order valence-electron chi connectivity index (χ0n) is 9.96. The van der Waals surface area contributed by atoms with E-state index in [4.69, 9.17) is 0 Å². The Bertz CT molecular complexity index is 820. The molecule has 0 atom stereocenters. The van der Waals surface area contributed by atoms with Crippen LogP contribution in [0, 0.1) is 0 Å². The first-order chi connectivity index (χ1) is 9.66. The van der Waals surface area contributed by atoms with Gasteiger partial charge in [0, 0.05) is 5.39 Å². The van der Waals surface area contributed by atoms with Crippen molar-refractivity contribution in [3.63, 3.8) is 0 Å². The number of rotatable bonds is 2. The third-order valence-corrected chi connectivity index (χ3v) is 3.31. The molecule has 8 heteroatoms. The number of azo groups is 1. The second kappa shape index (κ2) is 4.89. The first-order valence-corrected chi connectivity index (χ1v) is 6.40. The maximum Gasteiger partial charge on any atom is 0.314 e. The molecule has 2 aromatic heterocycles. The topological polar surface area (TPSA) is 106 Å². The van der Waals surface area contributed by atoms with Crippen LogP contribution in [-0.2, 0) is 0 Å². The van der Waals surface area contributed by atoms with E-state index in [2.05, 4.69) is 41.3 Å². The predicted octanol–water partition coefficient (Wildman–Crippen LogP) is 3.28. The van der Waals surface area contributed by atoms with Crippen molar-refractivity contribution >= 4 is 38.4 Å². The summed E-state index contributed by atoms with van der Waals surface area (Å²) < 4.78 is 0.504. The maximum atomic E-state index is 11.8. The van der Waals surface area contributed by atoms with Gasteiger partial charge in [-0.15, -0.1) is 10.2 Å².